The quantitative estimate of drug-likeness (QED) is 0.700. The lowest BCUT2D eigenvalue weighted by Crippen LogP contribution is -2.46. The number of nitrogens with zero attached hydrogens (tertiary/aromatic N) is 3. The summed E-state index contributed by atoms with van der Waals surface area (Å²) in [5.41, 5.74) is 0.0439. The first-order chi connectivity index (χ1) is 13.5. The highest BCUT2D eigenvalue weighted by molar-refractivity contribution is 5.85. The number of carbonyl (C=O) groups is 2. The van der Waals surface area contributed by atoms with Crippen LogP contribution in [0.4, 0.5) is 0 Å². The van der Waals surface area contributed by atoms with E-state index in [1.165, 1.54) is 31.2 Å². The van der Waals surface area contributed by atoms with Crippen LogP contribution in [0, 0.1) is 0 Å². The minimum Gasteiger partial charge on any atom is -0.493 e. The maximum atomic E-state index is 12.7. The van der Waals surface area contributed by atoms with E-state index in [9.17, 15) is 14.4 Å². The number of aromatic nitrogens is 2. The van der Waals surface area contributed by atoms with Crippen LogP contribution in [0.2, 0.25) is 0 Å². The summed E-state index contributed by atoms with van der Waals surface area (Å²) in [4.78, 5) is 42.8. The number of methoxy groups -OCH3 is 2. The second-order valence-electron chi connectivity index (χ2n) is 6.17. The predicted molar refractivity (Wildman–Crippen MR) is 99.5 cm³/mol. The van der Waals surface area contributed by atoms with Crippen LogP contribution >= 0.6 is 0 Å². The van der Waals surface area contributed by atoms with Gasteiger partial charge < -0.3 is 24.4 Å². The van der Waals surface area contributed by atoms with E-state index in [4.69, 9.17) is 14.2 Å². The minimum atomic E-state index is -0.453. The highest BCUT2D eigenvalue weighted by Gasteiger charge is 2.18. The number of amides is 2. The van der Waals surface area contributed by atoms with Crippen molar-refractivity contribution in [3.63, 3.8) is 0 Å². The molecule has 150 valence electrons. The first-order valence-electron chi connectivity index (χ1n) is 8.77. The second kappa shape index (κ2) is 8.70. The van der Waals surface area contributed by atoms with Gasteiger partial charge in [-0.3, -0.25) is 19.0 Å². The third-order valence-corrected chi connectivity index (χ3v) is 4.44. The maximum absolute atomic E-state index is 12.7. The molecule has 1 saturated heterocycles. The van der Waals surface area contributed by atoms with Crippen molar-refractivity contribution in [2.24, 2.45) is 0 Å². The zero-order valence-corrected chi connectivity index (χ0v) is 15.8. The highest BCUT2D eigenvalue weighted by Crippen LogP contribution is 2.29. The summed E-state index contributed by atoms with van der Waals surface area (Å²) in [6.07, 6.45) is 1.29. The van der Waals surface area contributed by atoms with Gasteiger partial charge in [0.05, 0.1) is 51.2 Å². The van der Waals surface area contributed by atoms with Crippen LogP contribution in [0.1, 0.15) is 0 Å². The van der Waals surface area contributed by atoms with E-state index < -0.39 is 5.91 Å². The monoisotopic (exact) mass is 390 g/mol. The normalized spacial score (nSPS) is 14.0. The molecule has 0 aliphatic carbocycles. The van der Waals surface area contributed by atoms with Gasteiger partial charge in [0.25, 0.3) is 5.56 Å². The largest absolute Gasteiger partial charge is 0.493 e. The van der Waals surface area contributed by atoms with Gasteiger partial charge in [0, 0.05) is 19.2 Å². The summed E-state index contributed by atoms with van der Waals surface area (Å²) in [6.45, 7) is 1.63. The van der Waals surface area contributed by atoms with E-state index in [2.05, 4.69) is 10.3 Å². The van der Waals surface area contributed by atoms with Crippen molar-refractivity contribution in [1.82, 2.24) is 19.8 Å². The molecular weight excluding hydrogens is 368 g/mol. The van der Waals surface area contributed by atoms with E-state index in [0.29, 0.717) is 48.7 Å². The lowest BCUT2D eigenvalue weighted by molar-refractivity contribution is -0.136. The summed E-state index contributed by atoms with van der Waals surface area (Å²) in [5.74, 6) is 0.217. The lowest BCUT2D eigenvalue weighted by atomic mass is 10.2. The lowest BCUT2D eigenvalue weighted by Gasteiger charge is -2.26. The number of rotatable bonds is 6. The third-order valence-electron chi connectivity index (χ3n) is 4.44. The summed E-state index contributed by atoms with van der Waals surface area (Å²) in [7, 11) is 2.96. The van der Waals surface area contributed by atoms with Crippen LogP contribution in [-0.2, 0) is 20.9 Å². The van der Waals surface area contributed by atoms with Crippen molar-refractivity contribution in [1.29, 1.82) is 0 Å². The summed E-state index contributed by atoms with van der Waals surface area (Å²) in [5, 5.41) is 2.84. The number of nitrogens with one attached hydrogen (secondary N) is 1. The Morgan fingerprint density at radius 1 is 1.18 bits per heavy atom. The van der Waals surface area contributed by atoms with Gasteiger partial charge in [-0.25, -0.2) is 4.98 Å². The van der Waals surface area contributed by atoms with Crippen molar-refractivity contribution in [3.05, 3.63) is 28.8 Å². The average Bonchev–Trinajstić information content (AvgIpc) is 2.73. The Hall–Kier alpha value is -3.14. The Balaban J connectivity index is 1.69. The predicted octanol–water partition coefficient (Wildman–Crippen LogP) is -0.611. The van der Waals surface area contributed by atoms with E-state index in [-0.39, 0.29) is 24.6 Å². The molecule has 0 radical (unpaired) electrons. The Bertz CT molecular complexity index is 936. The molecule has 1 fully saturated rings. The van der Waals surface area contributed by atoms with E-state index in [1.54, 1.807) is 11.0 Å². The van der Waals surface area contributed by atoms with E-state index in [0.717, 1.165) is 0 Å². The third kappa shape index (κ3) is 4.22. The van der Waals surface area contributed by atoms with Crippen LogP contribution in [0.15, 0.2) is 23.3 Å². The zero-order chi connectivity index (χ0) is 20.1. The van der Waals surface area contributed by atoms with E-state index in [1.807, 2.05) is 0 Å². The molecule has 0 unspecified atom stereocenters. The van der Waals surface area contributed by atoms with Crippen LogP contribution in [0.3, 0.4) is 0 Å². The molecule has 3 rings (SSSR count). The zero-order valence-electron chi connectivity index (χ0n) is 15.8. The first kappa shape index (κ1) is 19.6. The Labute approximate surface area is 161 Å². The van der Waals surface area contributed by atoms with Crippen molar-refractivity contribution >= 4 is 22.7 Å². The van der Waals surface area contributed by atoms with Gasteiger partial charge in [-0.05, 0) is 6.07 Å². The standard InChI is InChI=1S/C18H22N4O6/c1-26-14-7-12-13(8-15(14)27-2)20-11-22(18(12)25)10-16(23)19-9-17(24)21-3-5-28-6-4-21/h7-8,11H,3-6,9-10H2,1-2H3,(H,19,23). The molecule has 0 bridgehead atoms. The highest BCUT2D eigenvalue weighted by atomic mass is 16.5. The molecular formula is C18H22N4O6. The smallest absolute Gasteiger partial charge is 0.261 e. The molecule has 0 spiro atoms. The van der Waals surface area contributed by atoms with Gasteiger partial charge in [0.2, 0.25) is 11.8 Å². The van der Waals surface area contributed by atoms with Crippen LogP contribution in [-0.4, -0.2) is 73.3 Å². The molecule has 0 atom stereocenters. The van der Waals surface area contributed by atoms with Crippen molar-refractivity contribution in [3.8, 4) is 11.5 Å². The average molecular weight is 390 g/mol. The number of hydrogen-bond donors (Lipinski definition) is 1. The van der Waals surface area contributed by atoms with Crippen LogP contribution in [0.25, 0.3) is 10.9 Å². The molecule has 1 aliphatic heterocycles. The van der Waals surface area contributed by atoms with Crippen LogP contribution < -0.4 is 20.3 Å². The molecule has 1 N–H and O–H groups in total. The number of hydrogen-bond acceptors (Lipinski definition) is 7. The molecule has 10 nitrogen and oxygen atoms in total. The van der Waals surface area contributed by atoms with Crippen molar-refractivity contribution in [2.75, 3.05) is 47.1 Å². The number of benzene rings is 1. The van der Waals surface area contributed by atoms with Gasteiger partial charge in [-0.2, -0.15) is 0 Å². The Kier molecular flexibility index (Phi) is 6.09. The number of carbonyl (C=O) groups excluding carboxylic acids is 2. The Morgan fingerprint density at radius 2 is 1.86 bits per heavy atom. The van der Waals surface area contributed by atoms with Gasteiger partial charge in [-0.1, -0.05) is 0 Å². The second-order valence-corrected chi connectivity index (χ2v) is 6.17. The molecule has 2 heterocycles. The van der Waals surface area contributed by atoms with E-state index >= 15 is 0 Å². The maximum Gasteiger partial charge on any atom is 0.261 e. The van der Waals surface area contributed by atoms with Crippen molar-refractivity contribution < 1.29 is 23.8 Å². The fourth-order valence-corrected chi connectivity index (χ4v) is 2.91. The van der Waals surface area contributed by atoms with Gasteiger partial charge >= 0.3 is 0 Å². The molecule has 10 heteroatoms. The minimum absolute atomic E-state index is 0.125. The molecule has 2 aromatic rings. The SMILES string of the molecule is COc1cc2ncn(CC(=O)NCC(=O)N3CCOCC3)c(=O)c2cc1OC. The Morgan fingerprint density at radius 3 is 2.54 bits per heavy atom. The fourth-order valence-electron chi connectivity index (χ4n) is 2.91. The summed E-state index contributed by atoms with van der Waals surface area (Å²) >= 11 is 0. The molecule has 0 saturated carbocycles. The van der Waals surface area contributed by atoms with Gasteiger partial charge in [-0.15, -0.1) is 0 Å². The number of ether oxygens (including phenoxy) is 3. The summed E-state index contributed by atoms with van der Waals surface area (Å²) < 4.78 is 16.8. The first-order valence-corrected chi connectivity index (χ1v) is 8.77. The topological polar surface area (TPSA) is 112 Å². The molecule has 1 aromatic heterocycles. The number of fused-ring (bicyclic) bond motifs is 1. The fraction of sp³-hybridized carbons (Fsp3) is 0.444. The van der Waals surface area contributed by atoms with Gasteiger partial charge in [0.1, 0.15) is 6.54 Å². The van der Waals surface area contributed by atoms with Gasteiger partial charge in [0.15, 0.2) is 11.5 Å². The molecule has 2 amide bonds. The molecule has 1 aromatic carbocycles. The van der Waals surface area contributed by atoms with Crippen molar-refractivity contribution in [2.45, 2.75) is 6.54 Å². The summed E-state index contributed by atoms with van der Waals surface area (Å²) in [6, 6.07) is 3.13. The number of morpholine rings is 1. The van der Waals surface area contributed by atoms with Crippen LogP contribution in [0.5, 0.6) is 11.5 Å². The molecule has 1 aliphatic rings. The molecule has 28 heavy (non-hydrogen) atoms.